The molecule has 1 N–H and O–H groups in total. The van der Waals surface area contributed by atoms with Crippen LogP contribution in [0.5, 0.6) is 0 Å². The number of nitrogens with zero attached hydrogens (tertiary/aromatic N) is 3. The average molecular weight is 296 g/mol. The van der Waals surface area contributed by atoms with Gasteiger partial charge in [-0.05, 0) is 29.6 Å². The number of hydrogen-bond donors (Lipinski definition) is 1. The second kappa shape index (κ2) is 6.73. The summed E-state index contributed by atoms with van der Waals surface area (Å²) in [6, 6.07) is 4.81. The molecular formula is C11H10BrN3O2. The molecule has 1 aromatic rings. The fraction of sp³-hybridized carbons (Fsp3) is 0.182. The first-order valence-corrected chi connectivity index (χ1v) is 5.64. The van der Waals surface area contributed by atoms with E-state index in [1.54, 1.807) is 18.2 Å². The molecule has 88 valence electrons. The third-order valence-electron chi connectivity index (χ3n) is 2.00. The summed E-state index contributed by atoms with van der Waals surface area (Å²) < 4.78 is 0.720. The molecule has 0 amide bonds. The molecule has 0 aliphatic carbocycles. The Morgan fingerprint density at radius 1 is 1.59 bits per heavy atom. The van der Waals surface area contributed by atoms with Gasteiger partial charge in [-0.25, -0.2) is 4.79 Å². The maximum absolute atomic E-state index is 10.7. The van der Waals surface area contributed by atoms with Crippen LogP contribution >= 0.6 is 15.9 Å². The smallest absolute Gasteiger partial charge is 0.335 e. The monoisotopic (exact) mass is 295 g/mol. The van der Waals surface area contributed by atoms with Gasteiger partial charge in [-0.2, -0.15) is 0 Å². The van der Waals surface area contributed by atoms with Crippen LogP contribution in [0.1, 0.15) is 22.3 Å². The number of benzene rings is 1. The molecule has 6 heteroatoms. The van der Waals surface area contributed by atoms with Gasteiger partial charge < -0.3 is 5.11 Å². The summed E-state index contributed by atoms with van der Waals surface area (Å²) in [5.41, 5.74) is 9.20. The number of azide groups is 1. The molecular weight excluding hydrogens is 286 g/mol. The van der Waals surface area contributed by atoms with E-state index in [1.807, 2.05) is 12.2 Å². The molecule has 0 saturated carbocycles. The third kappa shape index (κ3) is 4.30. The van der Waals surface area contributed by atoms with Crippen molar-refractivity contribution in [1.29, 1.82) is 0 Å². The Kier molecular flexibility index (Phi) is 5.26. The molecule has 5 nitrogen and oxygen atoms in total. The lowest BCUT2D eigenvalue weighted by molar-refractivity contribution is 0.0697. The topological polar surface area (TPSA) is 86.1 Å². The first-order chi connectivity index (χ1) is 8.15. The van der Waals surface area contributed by atoms with Crippen LogP contribution in [0.15, 0.2) is 33.9 Å². The van der Waals surface area contributed by atoms with E-state index in [-0.39, 0.29) is 5.56 Å². The molecule has 0 unspecified atom stereocenters. The van der Waals surface area contributed by atoms with E-state index in [9.17, 15) is 4.79 Å². The minimum absolute atomic E-state index is 0.239. The number of hydrogen-bond acceptors (Lipinski definition) is 2. The lowest BCUT2D eigenvalue weighted by Gasteiger charge is -2.00. The zero-order valence-corrected chi connectivity index (χ0v) is 10.5. The second-order valence-electron chi connectivity index (χ2n) is 3.19. The average Bonchev–Trinajstić information content (AvgIpc) is 2.30. The zero-order valence-electron chi connectivity index (χ0n) is 8.88. The number of carboxylic acids is 1. The van der Waals surface area contributed by atoms with Crippen LogP contribution < -0.4 is 0 Å². The van der Waals surface area contributed by atoms with Crippen molar-refractivity contribution in [2.24, 2.45) is 5.11 Å². The summed E-state index contributed by atoms with van der Waals surface area (Å²) in [6.07, 6.45) is 4.37. The Hall–Kier alpha value is -1.78. The van der Waals surface area contributed by atoms with E-state index >= 15 is 0 Å². The van der Waals surface area contributed by atoms with Crippen molar-refractivity contribution in [1.82, 2.24) is 0 Å². The van der Waals surface area contributed by atoms with Crippen molar-refractivity contribution < 1.29 is 9.90 Å². The van der Waals surface area contributed by atoms with Gasteiger partial charge in [-0.3, -0.25) is 0 Å². The highest BCUT2D eigenvalue weighted by Crippen LogP contribution is 2.20. The zero-order chi connectivity index (χ0) is 12.7. The van der Waals surface area contributed by atoms with E-state index in [4.69, 9.17) is 10.6 Å². The molecule has 0 bridgehead atoms. The number of carbonyl (C=O) groups is 1. The highest BCUT2D eigenvalue weighted by Gasteiger charge is 2.04. The fourth-order valence-corrected chi connectivity index (χ4v) is 1.69. The quantitative estimate of drug-likeness (QED) is 0.387. The summed E-state index contributed by atoms with van der Waals surface area (Å²) in [5, 5.41) is 12.2. The van der Waals surface area contributed by atoms with Gasteiger partial charge in [0, 0.05) is 15.9 Å². The Morgan fingerprint density at radius 3 is 2.94 bits per heavy atom. The summed E-state index contributed by atoms with van der Waals surface area (Å²) in [6.45, 7) is 0.415. The highest BCUT2D eigenvalue weighted by molar-refractivity contribution is 9.10. The SMILES string of the molecule is [N-]=[N+]=NCCC=Cc1ccc(C(=O)O)cc1Br. The number of carboxylic acid groups (broad SMARTS) is 1. The van der Waals surface area contributed by atoms with Gasteiger partial charge in [0.1, 0.15) is 0 Å². The van der Waals surface area contributed by atoms with Gasteiger partial charge in [-0.1, -0.05) is 39.3 Å². The van der Waals surface area contributed by atoms with Gasteiger partial charge in [-0.15, -0.1) is 0 Å². The summed E-state index contributed by atoms with van der Waals surface area (Å²) >= 11 is 3.30. The maximum Gasteiger partial charge on any atom is 0.335 e. The fourth-order valence-electron chi connectivity index (χ4n) is 1.18. The molecule has 1 rings (SSSR count). The van der Waals surface area contributed by atoms with E-state index < -0.39 is 5.97 Å². The van der Waals surface area contributed by atoms with Gasteiger partial charge in [0.25, 0.3) is 0 Å². The number of halogens is 1. The lowest BCUT2D eigenvalue weighted by Crippen LogP contribution is -1.95. The molecule has 0 aliphatic heterocycles. The molecule has 0 aromatic heterocycles. The largest absolute Gasteiger partial charge is 0.478 e. The van der Waals surface area contributed by atoms with Crippen LogP contribution in [0.2, 0.25) is 0 Å². The predicted octanol–water partition coefficient (Wildman–Crippen LogP) is 3.86. The number of aromatic carboxylic acids is 1. The lowest BCUT2D eigenvalue weighted by atomic mass is 10.1. The van der Waals surface area contributed by atoms with Gasteiger partial charge in [0.05, 0.1) is 5.56 Å². The Labute approximate surface area is 107 Å². The molecule has 0 radical (unpaired) electrons. The highest BCUT2D eigenvalue weighted by atomic mass is 79.9. The molecule has 0 saturated heterocycles. The Balaban J connectivity index is 2.72. The maximum atomic E-state index is 10.7. The summed E-state index contributed by atoms with van der Waals surface area (Å²) in [7, 11) is 0. The third-order valence-corrected chi connectivity index (χ3v) is 2.69. The van der Waals surface area contributed by atoms with Crippen LogP contribution in [-0.2, 0) is 0 Å². The van der Waals surface area contributed by atoms with Crippen molar-refractivity contribution in [2.45, 2.75) is 6.42 Å². The molecule has 0 atom stereocenters. The first-order valence-electron chi connectivity index (χ1n) is 4.85. The van der Waals surface area contributed by atoms with Gasteiger partial charge in [0.2, 0.25) is 0 Å². The molecule has 0 spiro atoms. The van der Waals surface area contributed by atoms with Crippen molar-refractivity contribution in [2.75, 3.05) is 6.54 Å². The van der Waals surface area contributed by atoms with Crippen molar-refractivity contribution in [3.8, 4) is 0 Å². The first kappa shape index (κ1) is 13.3. The minimum Gasteiger partial charge on any atom is -0.478 e. The minimum atomic E-state index is -0.954. The van der Waals surface area contributed by atoms with Gasteiger partial charge >= 0.3 is 5.97 Å². The molecule has 1 aromatic carbocycles. The van der Waals surface area contributed by atoms with Crippen LogP contribution in [0.4, 0.5) is 0 Å². The van der Waals surface area contributed by atoms with E-state index in [1.165, 1.54) is 0 Å². The van der Waals surface area contributed by atoms with Crippen molar-refractivity contribution in [3.63, 3.8) is 0 Å². The van der Waals surface area contributed by atoms with Crippen LogP contribution in [0.25, 0.3) is 16.5 Å². The van der Waals surface area contributed by atoms with Crippen LogP contribution in [0.3, 0.4) is 0 Å². The normalized spacial score (nSPS) is 10.2. The molecule has 17 heavy (non-hydrogen) atoms. The summed E-state index contributed by atoms with van der Waals surface area (Å²) in [4.78, 5) is 13.4. The number of rotatable bonds is 5. The summed E-state index contributed by atoms with van der Waals surface area (Å²) in [5.74, 6) is -0.954. The Morgan fingerprint density at radius 2 is 2.35 bits per heavy atom. The van der Waals surface area contributed by atoms with Gasteiger partial charge in [0.15, 0.2) is 0 Å². The van der Waals surface area contributed by atoms with Crippen molar-refractivity contribution >= 4 is 28.0 Å². The predicted molar refractivity (Wildman–Crippen MR) is 68.8 cm³/mol. The molecule has 0 fully saturated rings. The van der Waals surface area contributed by atoms with Crippen molar-refractivity contribution in [3.05, 3.63) is 50.3 Å². The van der Waals surface area contributed by atoms with E-state index in [2.05, 4.69) is 26.0 Å². The van der Waals surface area contributed by atoms with Crippen LogP contribution in [-0.4, -0.2) is 17.6 Å². The standard InChI is InChI=1S/C11H10BrN3O2/c12-10-7-9(11(16)17)5-4-8(10)3-1-2-6-14-15-13/h1,3-5,7H,2,6H2,(H,16,17). The van der Waals surface area contributed by atoms with E-state index in [0.717, 1.165) is 10.0 Å². The second-order valence-corrected chi connectivity index (χ2v) is 4.04. The molecule has 0 aliphatic rings. The Bertz CT molecular complexity index is 493. The molecule has 0 heterocycles. The van der Waals surface area contributed by atoms with Crippen LogP contribution in [0, 0.1) is 0 Å². The van der Waals surface area contributed by atoms with E-state index in [0.29, 0.717) is 13.0 Å².